The van der Waals surface area contributed by atoms with Gasteiger partial charge in [0, 0.05) is 5.41 Å². The first-order chi connectivity index (χ1) is 18.8. The number of carbonyl (C=O) groups excluding carboxylic acids is 3. The van der Waals surface area contributed by atoms with Gasteiger partial charge in [-0.2, -0.15) is 23.2 Å². The second kappa shape index (κ2) is 8.84. The topological polar surface area (TPSA) is 75.5 Å². The quantitative estimate of drug-likeness (QED) is 0.266. The summed E-state index contributed by atoms with van der Waals surface area (Å²) in [7, 11) is 0. The first-order valence-electron chi connectivity index (χ1n) is 13.1. The number of nitrogens with zero attached hydrogens (tertiary/aromatic N) is 5. The monoisotopic (exact) mass is 552 g/mol. The number of halogens is 3. The van der Waals surface area contributed by atoms with Crippen molar-refractivity contribution in [3.63, 3.8) is 0 Å². The van der Waals surface area contributed by atoms with Gasteiger partial charge in [0.2, 0.25) is 5.78 Å². The lowest BCUT2D eigenvalue weighted by atomic mass is 9.91. The van der Waals surface area contributed by atoms with E-state index >= 15 is 0 Å². The maximum Gasteiger partial charge on any atom is 0.433 e. The number of aromatic nitrogens is 2. The SMILES string of the molecule is CC(C)(C)c1cc(C(=O)C2C[N@@]3CC4C(=O)N(c5cccc(C(F)(F)F)c5)C(=O)[N+]24C3)n(Cc2ccccc2)n1. The van der Waals surface area contributed by atoms with E-state index in [-0.39, 0.29) is 36.6 Å². The third-order valence-electron chi connectivity index (χ3n) is 8.17. The summed E-state index contributed by atoms with van der Waals surface area (Å²) in [6.45, 7) is 7.03. The molecule has 3 saturated heterocycles. The van der Waals surface area contributed by atoms with Crippen molar-refractivity contribution in [2.24, 2.45) is 0 Å². The lowest BCUT2D eigenvalue weighted by Crippen LogP contribution is -2.62. The molecule has 208 valence electrons. The number of carbonyl (C=O) groups is 3. The fourth-order valence-electron chi connectivity index (χ4n) is 6.13. The molecule has 3 aliphatic heterocycles. The van der Waals surface area contributed by atoms with Gasteiger partial charge >= 0.3 is 12.2 Å². The number of Topliss-reactive ketones (excluding diaryl/α,β-unsaturated/α-hetero) is 1. The van der Waals surface area contributed by atoms with Crippen molar-refractivity contribution in [2.45, 2.75) is 51.0 Å². The number of ketones is 1. The molecule has 1 aromatic heterocycles. The number of urea groups is 1. The van der Waals surface area contributed by atoms with E-state index in [2.05, 4.69) is 0 Å². The molecule has 2 bridgehead atoms. The summed E-state index contributed by atoms with van der Waals surface area (Å²) in [4.78, 5) is 44.6. The molecule has 8 nitrogen and oxygen atoms in total. The Balaban J connectivity index is 1.39. The van der Waals surface area contributed by atoms with Gasteiger partial charge in [0.1, 0.15) is 12.4 Å². The Morgan fingerprint density at radius 2 is 1.73 bits per heavy atom. The zero-order chi connectivity index (χ0) is 28.6. The van der Waals surface area contributed by atoms with Crippen molar-refractivity contribution in [2.75, 3.05) is 24.7 Å². The second-order valence-corrected chi connectivity index (χ2v) is 11.8. The van der Waals surface area contributed by atoms with Gasteiger partial charge in [-0.05, 0) is 29.8 Å². The van der Waals surface area contributed by atoms with E-state index in [4.69, 9.17) is 5.10 Å². The summed E-state index contributed by atoms with van der Waals surface area (Å²) in [5.74, 6) is -0.893. The van der Waals surface area contributed by atoms with Crippen LogP contribution >= 0.6 is 0 Å². The molecule has 0 aliphatic carbocycles. The van der Waals surface area contributed by atoms with Crippen LogP contribution in [0, 0.1) is 0 Å². The van der Waals surface area contributed by atoms with Crippen molar-refractivity contribution in [3.8, 4) is 0 Å². The molecule has 1 spiro atoms. The van der Waals surface area contributed by atoms with Crippen molar-refractivity contribution in [1.29, 1.82) is 0 Å². The van der Waals surface area contributed by atoms with Gasteiger partial charge in [0.25, 0.3) is 5.91 Å². The van der Waals surface area contributed by atoms with E-state index in [0.29, 0.717) is 12.2 Å². The van der Waals surface area contributed by atoms with Crippen molar-refractivity contribution >= 4 is 23.4 Å². The molecular weight excluding hydrogens is 523 g/mol. The number of hydrogen-bond donors (Lipinski definition) is 0. The molecule has 3 aromatic rings. The Hall–Kier alpha value is -3.83. The highest BCUT2D eigenvalue weighted by Gasteiger charge is 2.73. The first kappa shape index (κ1) is 26.4. The Morgan fingerprint density at radius 3 is 2.40 bits per heavy atom. The molecule has 2 aromatic carbocycles. The molecule has 0 radical (unpaired) electrons. The molecule has 3 unspecified atom stereocenters. The zero-order valence-corrected chi connectivity index (χ0v) is 22.4. The van der Waals surface area contributed by atoms with Gasteiger partial charge in [-0.1, -0.05) is 57.2 Å². The number of rotatable bonds is 5. The summed E-state index contributed by atoms with van der Waals surface area (Å²) in [6.07, 6.45) is -4.63. The summed E-state index contributed by atoms with van der Waals surface area (Å²) >= 11 is 0. The lowest BCUT2D eigenvalue weighted by Gasteiger charge is -2.32. The summed E-state index contributed by atoms with van der Waals surface area (Å²) < 4.78 is 41.5. The normalized spacial score (nSPS) is 26.1. The molecule has 4 heterocycles. The van der Waals surface area contributed by atoms with Crippen molar-refractivity contribution < 1.29 is 32.0 Å². The number of alkyl halides is 3. The largest absolute Gasteiger partial charge is 0.433 e. The van der Waals surface area contributed by atoms with Gasteiger partial charge in [-0.25, -0.2) is 14.2 Å². The van der Waals surface area contributed by atoms with Crippen LogP contribution in [0.4, 0.5) is 23.7 Å². The fraction of sp³-hybridized carbons (Fsp3) is 0.379. The number of anilines is 1. The Labute approximate surface area is 229 Å². The molecule has 3 fully saturated rings. The van der Waals surface area contributed by atoms with Crippen LogP contribution in [0.2, 0.25) is 0 Å². The molecule has 6 rings (SSSR count). The average molecular weight is 553 g/mol. The van der Waals surface area contributed by atoms with Crippen LogP contribution in [0.3, 0.4) is 0 Å². The smallest absolute Gasteiger partial charge is 0.286 e. The molecule has 0 N–H and O–H groups in total. The highest BCUT2D eigenvalue weighted by atomic mass is 19.4. The fourth-order valence-corrected chi connectivity index (χ4v) is 6.13. The van der Waals surface area contributed by atoms with Crippen LogP contribution in [0.5, 0.6) is 0 Å². The molecule has 3 aliphatic rings. The minimum atomic E-state index is -4.63. The average Bonchev–Trinajstić information content (AvgIpc) is 3.64. The Bertz CT molecular complexity index is 1530. The summed E-state index contributed by atoms with van der Waals surface area (Å²) in [6, 6.07) is 13.1. The number of benzene rings is 2. The van der Waals surface area contributed by atoms with Crippen LogP contribution in [-0.2, 0) is 22.9 Å². The number of piperazine rings is 1. The molecule has 40 heavy (non-hydrogen) atoms. The van der Waals surface area contributed by atoms with Gasteiger partial charge in [0.15, 0.2) is 12.1 Å². The van der Waals surface area contributed by atoms with E-state index in [1.54, 1.807) is 10.7 Å². The number of imide groups is 1. The molecule has 0 saturated carbocycles. The first-order valence-corrected chi connectivity index (χ1v) is 13.1. The highest BCUT2D eigenvalue weighted by Crippen LogP contribution is 2.45. The highest BCUT2D eigenvalue weighted by molar-refractivity contribution is 6.19. The van der Waals surface area contributed by atoms with Crippen LogP contribution < -0.4 is 4.90 Å². The molecule has 3 amide bonds. The van der Waals surface area contributed by atoms with E-state index < -0.39 is 40.2 Å². The van der Waals surface area contributed by atoms with Gasteiger partial charge in [-0.3, -0.25) is 14.3 Å². The zero-order valence-electron chi connectivity index (χ0n) is 22.4. The summed E-state index contributed by atoms with van der Waals surface area (Å²) in [5.41, 5.74) is 0.580. The lowest BCUT2D eigenvalue weighted by molar-refractivity contribution is -0.852. The predicted octanol–water partition coefficient (Wildman–Crippen LogP) is 4.44. The maximum atomic E-state index is 14.3. The number of fused-ring (bicyclic) bond motifs is 1. The standard InChI is InChI=1S/C29H29F3N5O3/c1-28(2,3)24-13-21(35(33-24)14-18-8-5-4-6-9-18)25(38)22-15-34-16-23-26(39)36(27(40)37(22,23)17-34)20-11-7-10-19(12-20)29(30,31)32/h4-13,22-23H,14-17H2,1-3H3/q+1. The minimum Gasteiger partial charge on any atom is -0.286 e. The third kappa shape index (κ3) is 3.98. The Kier molecular flexibility index (Phi) is 5.83. The molecular formula is C29H29F3N5O3+. The second-order valence-electron chi connectivity index (χ2n) is 11.8. The Morgan fingerprint density at radius 1 is 1.00 bits per heavy atom. The van der Waals surface area contributed by atoms with E-state index in [1.165, 1.54) is 12.1 Å². The van der Waals surface area contributed by atoms with Crippen LogP contribution in [0.25, 0.3) is 0 Å². The summed E-state index contributed by atoms with van der Waals surface area (Å²) in [5, 5.41) is 4.75. The number of amides is 3. The van der Waals surface area contributed by atoms with E-state index in [9.17, 15) is 27.6 Å². The van der Waals surface area contributed by atoms with Gasteiger partial charge in [-0.15, -0.1) is 0 Å². The van der Waals surface area contributed by atoms with Crippen LogP contribution in [0.1, 0.15) is 48.1 Å². The van der Waals surface area contributed by atoms with E-state index in [0.717, 1.165) is 28.3 Å². The molecule has 4 atom stereocenters. The minimum absolute atomic E-state index is 0.138. The predicted molar refractivity (Wildman–Crippen MR) is 139 cm³/mol. The molecule has 11 heteroatoms. The van der Waals surface area contributed by atoms with Crippen molar-refractivity contribution in [3.05, 3.63) is 83.2 Å². The number of hydrogen-bond acceptors (Lipinski definition) is 5. The number of quaternary nitrogens is 1. The van der Waals surface area contributed by atoms with E-state index in [1.807, 2.05) is 56.0 Å². The third-order valence-corrected chi connectivity index (χ3v) is 8.17. The maximum absolute atomic E-state index is 14.3. The van der Waals surface area contributed by atoms with Crippen LogP contribution in [-0.4, -0.2) is 68.7 Å². The van der Waals surface area contributed by atoms with Crippen molar-refractivity contribution in [1.82, 2.24) is 14.7 Å². The van der Waals surface area contributed by atoms with Gasteiger partial charge in [0.05, 0.1) is 36.6 Å². The van der Waals surface area contributed by atoms with Crippen LogP contribution in [0.15, 0.2) is 60.7 Å². The van der Waals surface area contributed by atoms with Gasteiger partial charge < -0.3 is 0 Å².